The number of amides is 1. The lowest BCUT2D eigenvalue weighted by molar-refractivity contribution is -0.118. The average molecular weight is 467 g/mol. The van der Waals surface area contributed by atoms with Crippen LogP contribution in [0.2, 0.25) is 0 Å². The Bertz CT molecular complexity index is 1330. The summed E-state index contributed by atoms with van der Waals surface area (Å²) in [5, 5.41) is 8.76. The largest absolute Gasteiger partial charge is 0.355 e. The first-order valence-electron chi connectivity index (χ1n) is 9.96. The number of carbonyl (C=O) groups excluding carboxylic acids is 1. The van der Waals surface area contributed by atoms with Crippen LogP contribution < -0.4 is 10.5 Å². The summed E-state index contributed by atoms with van der Waals surface area (Å²) in [5.41, 5.74) is 3.77. The predicted molar refractivity (Wildman–Crippen MR) is 126 cm³/mol. The Kier molecular flexibility index (Phi) is 6.59. The van der Waals surface area contributed by atoms with Crippen molar-refractivity contribution in [2.45, 2.75) is 16.5 Å². The minimum atomic E-state index is -3.70. The number of sulfonamides is 1. The van der Waals surface area contributed by atoms with Crippen LogP contribution in [0.25, 0.3) is 16.7 Å². The third-order valence-corrected chi connectivity index (χ3v) is 6.73. The van der Waals surface area contributed by atoms with E-state index >= 15 is 0 Å². The molecule has 0 aliphatic carbocycles. The Labute approximate surface area is 190 Å². The molecule has 0 unspecified atom stereocenters. The summed E-state index contributed by atoms with van der Waals surface area (Å²) in [6.45, 7) is 0.448. The number of carbonyl (C=O) groups is 1. The van der Waals surface area contributed by atoms with Crippen molar-refractivity contribution in [3.63, 3.8) is 0 Å². The SMILES string of the molecule is NS(=O)(=O)c1ccc(CCNC(=O)CSc2nc3ccccc3n2-c2ccccc2)cc1. The molecule has 4 aromatic rings. The molecule has 0 aliphatic rings. The Hall–Kier alpha value is -3.14. The first-order chi connectivity index (χ1) is 15.4. The highest BCUT2D eigenvalue weighted by molar-refractivity contribution is 7.99. The molecule has 0 atom stereocenters. The van der Waals surface area contributed by atoms with Crippen molar-refractivity contribution in [3.8, 4) is 5.69 Å². The van der Waals surface area contributed by atoms with E-state index < -0.39 is 10.0 Å². The van der Waals surface area contributed by atoms with Crippen LogP contribution in [0, 0.1) is 0 Å². The molecule has 0 aliphatic heterocycles. The molecule has 164 valence electrons. The van der Waals surface area contributed by atoms with E-state index in [1.807, 2.05) is 54.6 Å². The molecular formula is C23H22N4O3S2. The van der Waals surface area contributed by atoms with Crippen molar-refractivity contribution < 1.29 is 13.2 Å². The zero-order valence-electron chi connectivity index (χ0n) is 17.1. The van der Waals surface area contributed by atoms with E-state index in [0.717, 1.165) is 27.4 Å². The summed E-state index contributed by atoms with van der Waals surface area (Å²) in [5.74, 6) is 0.142. The number of nitrogens with one attached hydrogen (secondary N) is 1. The third-order valence-electron chi connectivity index (χ3n) is 4.86. The van der Waals surface area contributed by atoms with Crippen molar-refractivity contribution in [3.05, 3.63) is 84.4 Å². The maximum absolute atomic E-state index is 12.4. The Morgan fingerprint density at radius 1 is 0.969 bits per heavy atom. The van der Waals surface area contributed by atoms with Gasteiger partial charge >= 0.3 is 0 Å². The molecular weight excluding hydrogens is 444 g/mol. The molecule has 3 aromatic carbocycles. The Morgan fingerprint density at radius 3 is 2.38 bits per heavy atom. The number of thioether (sulfide) groups is 1. The average Bonchev–Trinajstić information content (AvgIpc) is 3.16. The second-order valence-electron chi connectivity index (χ2n) is 7.13. The summed E-state index contributed by atoms with van der Waals surface area (Å²) in [4.78, 5) is 17.2. The fourth-order valence-electron chi connectivity index (χ4n) is 3.30. The molecule has 4 rings (SSSR count). The third kappa shape index (κ3) is 5.18. The topological polar surface area (TPSA) is 107 Å². The lowest BCUT2D eigenvalue weighted by atomic mass is 10.1. The quantitative estimate of drug-likeness (QED) is 0.388. The van der Waals surface area contributed by atoms with Crippen LogP contribution in [0.4, 0.5) is 0 Å². The number of hydrogen-bond acceptors (Lipinski definition) is 5. The number of aromatic nitrogens is 2. The van der Waals surface area contributed by atoms with Crippen LogP contribution in [0.15, 0.2) is 88.9 Å². The van der Waals surface area contributed by atoms with Gasteiger partial charge < -0.3 is 5.32 Å². The molecule has 0 radical (unpaired) electrons. The summed E-state index contributed by atoms with van der Waals surface area (Å²) < 4.78 is 24.7. The summed E-state index contributed by atoms with van der Waals surface area (Å²) >= 11 is 1.39. The van der Waals surface area contributed by atoms with Gasteiger partial charge in [-0.1, -0.05) is 54.2 Å². The van der Waals surface area contributed by atoms with Crippen LogP contribution in [-0.4, -0.2) is 36.2 Å². The van der Waals surface area contributed by atoms with Crippen LogP contribution in [-0.2, 0) is 21.2 Å². The number of hydrogen-bond donors (Lipinski definition) is 2. The van der Waals surface area contributed by atoms with Gasteiger partial charge in [-0.05, 0) is 48.4 Å². The molecule has 0 spiro atoms. The highest BCUT2D eigenvalue weighted by Crippen LogP contribution is 2.27. The predicted octanol–water partition coefficient (Wildman–Crippen LogP) is 3.12. The highest BCUT2D eigenvalue weighted by Gasteiger charge is 2.14. The van der Waals surface area contributed by atoms with E-state index in [0.29, 0.717) is 13.0 Å². The molecule has 0 saturated heterocycles. The summed E-state index contributed by atoms with van der Waals surface area (Å²) in [7, 11) is -3.70. The second kappa shape index (κ2) is 9.56. The minimum Gasteiger partial charge on any atom is -0.355 e. The molecule has 0 fully saturated rings. The zero-order chi connectivity index (χ0) is 22.6. The van der Waals surface area contributed by atoms with Gasteiger partial charge in [-0.2, -0.15) is 0 Å². The van der Waals surface area contributed by atoms with Gasteiger partial charge in [0.1, 0.15) is 0 Å². The fraction of sp³-hybridized carbons (Fsp3) is 0.130. The van der Waals surface area contributed by atoms with Gasteiger partial charge in [-0.3, -0.25) is 9.36 Å². The first kappa shape index (κ1) is 22.1. The zero-order valence-corrected chi connectivity index (χ0v) is 18.8. The number of nitrogens with two attached hydrogens (primary N) is 1. The van der Waals surface area contributed by atoms with Crippen LogP contribution >= 0.6 is 11.8 Å². The van der Waals surface area contributed by atoms with Crippen molar-refractivity contribution in [1.82, 2.24) is 14.9 Å². The number of primary sulfonamides is 1. The monoisotopic (exact) mass is 466 g/mol. The lowest BCUT2D eigenvalue weighted by Crippen LogP contribution is -2.27. The van der Waals surface area contributed by atoms with E-state index in [9.17, 15) is 13.2 Å². The number of para-hydroxylation sites is 3. The lowest BCUT2D eigenvalue weighted by Gasteiger charge is -2.09. The van der Waals surface area contributed by atoms with Crippen molar-refractivity contribution >= 4 is 38.7 Å². The van der Waals surface area contributed by atoms with Gasteiger partial charge in [0.2, 0.25) is 15.9 Å². The molecule has 3 N–H and O–H groups in total. The fourth-order valence-corrected chi connectivity index (χ4v) is 4.67. The molecule has 1 amide bonds. The summed E-state index contributed by atoms with van der Waals surface area (Å²) in [6, 6.07) is 24.2. The first-order valence-corrected chi connectivity index (χ1v) is 12.5. The van der Waals surface area contributed by atoms with Crippen LogP contribution in [0.1, 0.15) is 5.56 Å². The molecule has 1 aromatic heterocycles. The van der Waals surface area contributed by atoms with Gasteiger partial charge in [0.05, 0.1) is 21.7 Å². The Morgan fingerprint density at radius 2 is 1.66 bits per heavy atom. The van der Waals surface area contributed by atoms with E-state index in [1.54, 1.807) is 12.1 Å². The van der Waals surface area contributed by atoms with Crippen molar-refractivity contribution in [1.29, 1.82) is 0 Å². The number of imidazole rings is 1. The molecule has 32 heavy (non-hydrogen) atoms. The molecule has 9 heteroatoms. The van der Waals surface area contributed by atoms with Gasteiger partial charge in [-0.15, -0.1) is 0 Å². The highest BCUT2D eigenvalue weighted by atomic mass is 32.2. The molecule has 0 bridgehead atoms. The summed E-state index contributed by atoms with van der Waals surface area (Å²) in [6.07, 6.45) is 0.587. The molecule has 7 nitrogen and oxygen atoms in total. The van der Waals surface area contributed by atoms with Crippen molar-refractivity contribution in [2.24, 2.45) is 5.14 Å². The van der Waals surface area contributed by atoms with E-state index in [4.69, 9.17) is 10.1 Å². The molecule has 0 saturated carbocycles. The standard InChI is InChI=1S/C23H22N4O3S2/c24-32(29,30)19-12-10-17(11-13-19)14-15-25-22(28)16-31-23-26-20-8-4-5-9-21(20)27(23)18-6-2-1-3-7-18/h1-13H,14-16H2,(H,25,28)(H2,24,29,30). The Balaban J connectivity index is 1.37. The van der Waals surface area contributed by atoms with Gasteiger partial charge in [-0.25, -0.2) is 18.5 Å². The van der Waals surface area contributed by atoms with Crippen LogP contribution in [0.5, 0.6) is 0 Å². The van der Waals surface area contributed by atoms with Crippen LogP contribution in [0.3, 0.4) is 0 Å². The van der Waals surface area contributed by atoms with E-state index in [1.165, 1.54) is 23.9 Å². The second-order valence-corrected chi connectivity index (χ2v) is 9.64. The number of fused-ring (bicyclic) bond motifs is 1. The van der Waals surface area contributed by atoms with E-state index in [2.05, 4.69) is 9.88 Å². The normalized spacial score (nSPS) is 11.5. The smallest absolute Gasteiger partial charge is 0.238 e. The van der Waals surface area contributed by atoms with Gasteiger partial charge in [0, 0.05) is 12.2 Å². The van der Waals surface area contributed by atoms with Crippen molar-refractivity contribution in [2.75, 3.05) is 12.3 Å². The maximum Gasteiger partial charge on any atom is 0.238 e. The number of rotatable bonds is 8. The minimum absolute atomic E-state index is 0.0722. The van der Waals surface area contributed by atoms with Gasteiger partial charge in [0.25, 0.3) is 0 Å². The maximum atomic E-state index is 12.4. The molecule has 1 heterocycles. The number of nitrogens with zero attached hydrogens (tertiary/aromatic N) is 2. The van der Waals surface area contributed by atoms with Gasteiger partial charge in [0.15, 0.2) is 5.16 Å². The van der Waals surface area contributed by atoms with E-state index in [-0.39, 0.29) is 16.6 Å². The number of benzene rings is 3.